The van der Waals surface area contributed by atoms with Gasteiger partial charge in [0.25, 0.3) is 0 Å². The topological polar surface area (TPSA) is 52.6 Å². The van der Waals surface area contributed by atoms with E-state index in [1.165, 1.54) is 19.3 Å². The predicted octanol–water partition coefficient (Wildman–Crippen LogP) is 2.60. The molecule has 1 spiro atoms. The van der Waals surface area contributed by atoms with Gasteiger partial charge in [0.1, 0.15) is 0 Å². The number of rotatable bonds is 2. The van der Waals surface area contributed by atoms with Crippen LogP contribution in [-0.2, 0) is 14.0 Å². The molecule has 3 aliphatic heterocycles. The van der Waals surface area contributed by atoms with Crippen molar-refractivity contribution in [2.75, 3.05) is 19.7 Å². The molecule has 4 heterocycles. The fourth-order valence-electron chi connectivity index (χ4n) is 4.34. The third-order valence-electron chi connectivity index (χ3n) is 6.89. The van der Waals surface area contributed by atoms with E-state index < -0.39 is 0 Å². The van der Waals surface area contributed by atoms with Crippen LogP contribution >= 0.6 is 0 Å². The van der Waals surface area contributed by atoms with E-state index in [4.69, 9.17) is 14.0 Å². The highest BCUT2D eigenvalue weighted by Crippen LogP contribution is 2.45. The van der Waals surface area contributed by atoms with Crippen LogP contribution in [-0.4, -0.2) is 43.0 Å². The minimum Gasteiger partial charge on any atom is -0.399 e. The average molecular weight is 358 g/mol. The molecule has 0 aliphatic carbocycles. The van der Waals surface area contributed by atoms with E-state index in [-0.39, 0.29) is 24.4 Å². The van der Waals surface area contributed by atoms with E-state index in [0.717, 1.165) is 37.3 Å². The van der Waals surface area contributed by atoms with Gasteiger partial charge in [0.15, 0.2) is 0 Å². The van der Waals surface area contributed by atoms with Gasteiger partial charge in [-0.15, -0.1) is 0 Å². The monoisotopic (exact) mass is 358 g/mol. The lowest BCUT2D eigenvalue weighted by Crippen LogP contribution is -2.41. The highest BCUT2D eigenvalue weighted by atomic mass is 16.7. The maximum absolute atomic E-state index is 6.20. The summed E-state index contributed by atoms with van der Waals surface area (Å²) in [7, 11) is -0.349. The summed E-state index contributed by atoms with van der Waals surface area (Å²) in [5.74, 6) is 0. The van der Waals surface area contributed by atoms with Crippen molar-refractivity contribution in [3.63, 3.8) is 0 Å². The standard InChI is InChI=1S/C20H31BN2O3/c1-18(2)19(3,4)26-21(25-18)15-5-9-23-16(13-15)17-14-20(8-12-24-17)6-10-22-11-7-20/h5,9,13,17,22H,6-8,10-12,14H2,1-4H3. The number of piperidine rings is 1. The van der Waals surface area contributed by atoms with Gasteiger partial charge in [0.05, 0.1) is 23.0 Å². The summed E-state index contributed by atoms with van der Waals surface area (Å²) in [6.07, 6.45) is 6.65. The quantitative estimate of drug-likeness (QED) is 0.824. The Hall–Kier alpha value is -0.945. The minimum atomic E-state index is -0.349. The first-order valence-electron chi connectivity index (χ1n) is 9.94. The molecule has 4 rings (SSSR count). The summed E-state index contributed by atoms with van der Waals surface area (Å²) >= 11 is 0. The molecule has 1 atom stereocenters. The Balaban J connectivity index is 1.53. The maximum Gasteiger partial charge on any atom is 0.494 e. The van der Waals surface area contributed by atoms with Gasteiger partial charge in [-0.25, -0.2) is 0 Å². The molecule has 1 unspecified atom stereocenters. The molecule has 26 heavy (non-hydrogen) atoms. The fraction of sp³-hybridized carbons (Fsp3) is 0.750. The van der Waals surface area contributed by atoms with Gasteiger partial charge >= 0.3 is 7.12 Å². The van der Waals surface area contributed by atoms with Crippen LogP contribution in [0.15, 0.2) is 18.3 Å². The molecule has 0 aromatic carbocycles. The van der Waals surface area contributed by atoms with Gasteiger partial charge in [-0.1, -0.05) is 0 Å². The van der Waals surface area contributed by atoms with E-state index in [0.29, 0.717) is 5.41 Å². The van der Waals surface area contributed by atoms with Gasteiger partial charge in [-0.05, 0) is 89.5 Å². The van der Waals surface area contributed by atoms with Crippen LogP contribution in [0.25, 0.3) is 0 Å². The maximum atomic E-state index is 6.20. The first-order valence-corrected chi connectivity index (χ1v) is 9.94. The van der Waals surface area contributed by atoms with Crippen LogP contribution in [0.1, 0.15) is 65.2 Å². The highest BCUT2D eigenvalue weighted by Gasteiger charge is 2.52. The highest BCUT2D eigenvalue weighted by molar-refractivity contribution is 6.62. The predicted molar refractivity (Wildman–Crippen MR) is 102 cm³/mol. The Morgan fingerprint density at radius 1 is 1.08 bits per heavy atom. The minimum absolute atomic E-state index is 0.0734. The lowest BCUT2D eigenvalue weighted by Gasteiger charge is -2.43. The Bertz CT molecular complexity index is 637. The Morgan fingerprint density at radius 3 is 2.46 bits per heavy atom. The second-order valence-corrected chi connectivity index (χ2v) is 9.17. The molecule has 0 amide bonds. The smallest absolute Gasteiger partial charge is 0.399 e. The molecule has 0 bridgehead atoms. The van der Waals surface area contributed by atoms with Crippen LogP contribution in [0.5, 0.6) is 0 Å². The molecule has 0 saturated carbocycles. The second-order valence-electron chi connectivity index (χ2n) is 9.17. The van der Waals surface area contributed by atoms with Crippen molar-refractivity contribution in [3.05, 3.63) is 24.0 Å². The van der Waals surface area contributed by atoms with Gasteiger partial charge < -0.3 is 19.4 Å². The van der Waals surface area contributed by atoms with Crippen LogP contribution < -0.4 is 10.8 Å². The number of nitrogens with zero attached hydrogens (tertiary/aromatic N) is 1. The molecule has 3 fully saturated rings. The number of hydrogen-bond donors (Lipinski definition) is 1. The van der Waals surface area contributed by atoms with Crippen molar-refractivity contribution in [3.8, 4) is 0 Å². The van der Waals surface area contributed by atoms with Crippen LogP contribution in [0.4, 0.5) is 0 Å². The van der Waals surface area contributed by atoms with E-state index in [1.54, 1.807) is 0 Å². The number of hydrogen-bond acceptors (Lipinski definition) is 5. The van der Waals surface area contributed by atoms with Gasteiger partial charge in [0, 0.05) is 12.8 Å². The van der Waals surface area contributed by atoms with Gasteiger partial charge in [0.2, 0.25) is 0 Å². The molecular weight excluding hydrogens is 327 g/mol. The summed E-state index contributed by atoms with van der Waals surface area (Å²) in [4.78, 5) is 4.63. The molecule has 1 aromatic heterocycles. The van der Waals surface area contributed by atoms with Gasteiger partial charge in [-0.3, -0.25) is 4.98 Å². The van der Waals surface area contributed by atoms with E-state index in [9.17, 15) is 0 Å². The van der Waals surface area contributed by atoms with Crippen molar-refractivity contribution < 1.29 is 14.0 Å². The molecule has 1 N–H and O–H groups in total. The van der Waals surface area contributed by atoms with Crippen molar-refractivity contribution in [1.82, 2.24) is 10.3 Å². The zero-order chi connectivity index (χ0) is 18.4. The van der Waals surface area contributed by atoms with E-state index >= 15 is 0 Å². The van der Waals surface area contributed by atoms with Crippen molar-refractivity contribution in [2.24, 2.45) is 5.41 Å². The molecule has 1 aromatic rings. The zero-order valence-electron chi connectivity index (χ0n) is 16.5. The largest absolute Gasteiger partial charge is 0.494 e. The molecule has 142 valence electrons. The SMILES string of the molecule is CC1(C)OB(c2ccnc(C3CC4(CCNCC4)CCO3)c2)OC1(C)C. The summed E-state index contributed by atoms with van der Waals surface area (Å²) in [6, 6.07) is 4.11. The average Bonchev–Trinajstić information content (AvgIpc) is 2.84. The molecule has 3 saturated heterocycles. The lowest BCUT2D eigenvalue weighted by molar-refractivity contribution is -0.0631. The molecular formula is C20H31BN2O3. The van der Waals surface area contributed by atoms with Gasteiger partial charge in [-0.2, -0.15) is 0 Å². The normalized spacial score (nSPS) is 29.8. The van der Waals surface area contributed by atoms with E-state index in [1.807, 2.05) is 12.3 Å². The van der Waals surface area contributed by atoms with Crippen LogP contribution in [0.3, 0.4) is 0 Å². The number of ether oxygens (including phenoxy) is 1. The van der Waals surface area contributed by atoms with Crippen LogP contribution in [0, 0.1) is 5.41 Å². The Morgan fingerprint density at radius 2 is 1.77 bits per heavy atom. The summed E-state index contributed by atoms with van der Waals surface area (Å²) in [5, 5.41) is 3.48. The van der Waals surface area contributed by atoms with Crippen LogP contribution in [0.2, 0.25) is 0 Å². The third-order valence-corrected chi connectivity index (χ3v) is 6.89. The number of nitrogens with one attached hydrogen (secondary N) is 1. The summed E-state index contributed by atoms with van der Waals surface area (Å²) in [5.41, 5.74) is 1.79. The third kappa shape index (κ3) is 3.33. The van der Waals surface area contributed by atoms with Crippen molar-refractivity contribution in [2.45, 2.75) is 70.7 Å². The second kappa shape index (κ2) is 6.59. The summed E-state index contributed by atoms with van der Waals surface area (Å²) in [6.45, 7) is 11.4. The lowest BCUT2D eigenvalue weighted by atomic mass is 9.70. The summed E-state index contributed by atoms with van der Waals surface area (Å²) < 4.78 is 18.5. The zero-order valence-corrected chi connectivity index (χ0v) is 16.5. The first kappa shape index (κ1) is 18.4. The van der Waals surface area contributed by atoms with Crippen molar-refractivity contribution >= 4 is 12.6 Å². The Kier molecular flexibility index (Phi) is 4.67. The molecule has 6 heteroatoms. The fourth-order valence-corrected chi connectivity index (χ4v) is 4.34. The number of pyridine rings is 1. The Labute approximate surface area is 157 Å². The van der Waals surface area contributed by atoms with Crippen molar-refractivity contribution in [1.29, 1.82) is 0 Å². The molecule has 0 radical (unpaired) electrons. The first-order chi connectivity index (χ1) is 12.3. The van der Waals surface area contributed by atoms with E-state index in [2.05, 4.69) is 44.1 Å². The molecule has 3 aliphatic rings. The number of aromatic nitrogens is 1. The molecule has 5 nitrogen and oxygen atoms in total.